The van der Waals surface area contributed by atoms with Gasteiger partial charge in [0.25, 0.3) is 0 Å². The van der Waals surface area contributed by atoms with Crippen molar-refractivity contribution in [3.05, 3.63) is 146 Å². The Labute approximate surface area is 378 Å². The summed E-state index contributed by atoms with van der Waals surface area (Å²) in [7, 11) is 0. The van der Waals surface area contributed by atoms with Gasteiger partial charge in [0.1, 0.15) is 13.2 Å². The van der Waals surface area contributed by atoms with E-state index >= 15 is 0 Å². The van der Waals surface area contributed by atoms with Crippen molar-refractivity contribution >= 4 is 17.9 Å². The number of carbonyl (C=O) groups excluding carboxylic acids is 3. The van der Waals surface area contributed by atoms with Crippen LogP contribution in [-0.2, 0) is 28.6 Å². The van der Waals surface area contributed by atoms with E-state index in [4.69, 9.17) is 14.2 Å². The van der Waals surface area contributed by atoms with E-state index in [0.29, 0.717) is 19.3 Å². The molecule has 0 saturated carbocycles. The number of hydrogen-bond acceptors (Lipinski definition) is 6. The molecule has 344 valence electrons. The third-order valence-corrected chi connectivity index (χ3v) is 9.35. The zero-order valence-electron chi connectivity index (χ0n) is 39.1. The molecule has 0 aromatic carbocycles. The summed E-state index contributed by atoms with van der Waals surface area (Å²) in [4.78, 5) is 37.9. The van der Waals surface area contributed by atoms with Crippen LogP contribution in [0.4, 0.5) is 0 Å². The molecule has 6 nitrogen and oxygen atoms in total. The third-order valence-electron chi connectivity index (χ3n) is 9.35. The van der Waals surface area contributed by atoms with Crippen LogP contribution in [0, 0.1) is 0 Å². The lowest BCUT2D eigenvalue weighted by molar-refractivity contribution is -0.167. The first-order valence-electron chi connectivity index (χ1n) is 24.0. The summed E-state index contributed by atoms with van der Waals surface area (Å²) in [5.41, 5.74) is 0. The fourth-order valence-electron chi connectivity index (χ4n) is 5.78. The summed E-state index contributed by atoms with van der Waals surface area (Å²) in [6.45, 7) is 6.20. The van der Waals surface area contributed by atoms with Crippen molar-refractivity contribution in [2.24, 2.45) is 0 Å². The van der Waals surface area contributed by atoms with Gasteiger partial charge in [-0.25, -0.2) is 0 Å². The van der Waals surface area contributed by atoms with Gasteiger partial charge in [0.2, 0.25) is 0 Å². The smallest absolute Gasteiger partial charge is 0.306 e. The van der Waals surface area contributed by atoms with Crippen LogP contribution in [0.5, 0.6) is 0 Å². The number of carbonyl (C=O) groups is 3. The Kier molecular flexibility index (Phi) is 45.2. The van der Waals surface area contributed by atoms with E-state index in [1.165, 1.54) is 32.1 Å². The minimum atomic E-state index is -0.826. The molecular formula is C56H84O6. The number of ether oxygens (including phenoxy) is 3. The molecule has 0 aromatic rings. The molecule has 0 fully saturated rings. The molecule has 0 amide bonds. The predicted molar refractivity (Wildman–Crippen MR) is 265 cm³/mol. The highest BCUT2D eigenvalue weighted by molar-refractivity contribution is 5.71. The first kappa shape index (κ1) is 57.3. The second-order valence-corrected chi connectivity index (χ2v) is 15.2. The van der Waals surface area contributed by atoms with Crippen LogP contribution in [-0.4, -0.2) is 37.2 Å². The Bertz CT molecular complexity index is 1440. The summed E-state index contributed by atoms with van der Waals surface area (Å²) in [6, 6.07) is 0. The lowest BCUT2D eigenvalue weighted by Crippen LogP contribution is -2.30. The number of rotatable bonds is 40. The van der Waals surface area contributed by atoms with E-state index in [0.717, 1.165) is 83.5 Å². The van der Waals surface area contributed by atoms with Crippen LogP contribution in [0.3, 0.4) is 0 Å². The van der Waals surface area contributed by atoms with E-state index in [2.05, 4.69) is 57.2 Å². The van der Waals surface area contributed by atoms with E-state index in [-0.39, 0.29) is 44.0 Å². The molecule has 0 saturated heterocycles. The maximum absolute atomic E-state index is 12.7. The number of hydrogen-bond donors (Lipinski definition) is 0. The van der Waals surface area contributed by atoms with Crippen LogP contribution >= 0.6 is 0 Å². The lowest BCUT2D eigenvalue weighted by Gasteiger charge is -2.18. The zero-order chi connectivity index (χ0) is 45.1. The van der Waals surface area contributed by atoms with Gasteiger partial charge in [-0.15, -0.1) is 0 Å². The van der Waals surface area contributed by atoms with Gasteiger partial charge in [0.05, 0.1) is 0 Å². The SMILES string of the molecule is CC\C=C/C=C\C=C/C=C\C=C\C=C/C=C\CCCCCC(=O)OCC(COC(=O)CCCCCCC/C=C\CCCCC)OC(=O)CCCCC\C=C/C=C\C=C/C=C\CC. The van der Waals surface area contributed by atoms with Crippen LogP contribution in [0.25, 0.3) is 0 Å². The monoisotopic (exact) mass is 853 g/mol. The second-order valence-electron chi connectivity index (χ2n) is 15.2. The Morgan fingerprint density at radius 2 is 0.645 bits per heavy atom. The average Bonchev–Trinajstić information content (AvgIpc) is 3.27. The normalized spacial score (nSPS) is 13.4. The molecule has 0 bridgehead atoms. The van der Waals surface area contributed by atoms with Crippen molar-refractivity contribution in [3.63, 3.8) is 0 Å². The fourth-order valence-corrected chi connectivity index (χ4v) is 5.78. The summed E-state index contributed by atoms with van der Waals surface area (Å²) in [6.07, 6.45) is 69.6. The molecule has 0 aromatic heterocycles. The molecule has 1 atom stereocenters. The van der Waals surface area contributed by atoms with Crippen molar-refractivity contribution in [2.75, 3.05) is 13.2 Å². The van der Waals surface area contributed by atoms with E-state index in [1.54, 1.807) is 0 Å². The van der Waals surface area contributed by atoms with E-state index in [9.17, 15) is 14.4 Å². The van der Waals surface area contributed by atoms with E-state index < -0.39 is 6.10 Å². The molecule has 0 radical (unpaired) electrons. The summed E-state index contributed by atoms with van der Waals surface area (Å²) < 4.78 is 16.7. The summed E-state index contributed by atoms with van der Waals surface area (Å²) in [5.74, 6) is -1.03. The Morgan fingerprint density at radius 3 is 1.05 bits per heavy atom. The van der Waals surface area contributed by atoms with Gasteiger partial charge in [-0.05, 0) is 83.5 Å². The second kappa shape index (κ2) is 49.0. The Morgan fingerprint density at radius 1 is 0.339 bits per heavy atom. The van der Waals surface area contributed by atoms with Gasteiger partial charge in [-0.3, -0.25) is 14.4 Å². The molecule has 0 rings (SSSR count). The summed E-state index contributed by atoms with van der Waals surface area (Å²) >= 11 is 0. The third kappa shape index (κ3) is 46.4. The predicted octanol–water partition coefficient (Wildman–Crippen LogP) is 15.7. The molecule has 0 spiro atoms. The largest absolute Gasteiger partial charge is 0.462 e. The van der Waals surface area contributed by atoms with Crippen LogP contribution in [0.1, 0.15) is 168 Å². The van der Waals surface area contributed by atoms with Crippen molar-refractivity contribution in [3.8, 4) is 0 Å². The average molecular weight is 853 g/mol. The number of allylic oxidation sites excluding steroid dienone is 24. The molecule has 1 unspecified atom stereocenters. The first-order valence-corrected chi connectivity index (χ1v) is 24.0. The van der Waals surface area contributed by atoms with Gasteiger partial charge in [-0.2, -0.15) is 0 Å². The molecule has 6 heteroatoms. The zero-order valence-corrected chi connectivity index (χ0v) is 39.1. The summed E-state index contributed by atoms with van der Waals surface area (Å²) in [5, 5.41) is 0. The minimum absolute atomic E-state index is 0.120. The van der Waals surface area contributed by atoms with Crippen LogP contribution in [0.2, 0.25) is 0 Å². The number of unbranched alkanes of at least 4 members (excludes halogenated alkanes) is 14. The fraction of sp³-hybridized carbons (Fsp3) is 0.518. The first-order chi connectivity index (χ1) is 30.5. The standard InChI is InChI=1S/C56H84O6/c1-4-7-10-13-16-19-22-25-26-27-28-29-30-32-34-37-40-43-46-49-55(58)61-52-53(51-60-54(57)48-45-42-39-36-33-24-21-18-15-12-9-6-3)62-56(59)50-47-44-41-38-35-31-23-20-17-14-11-8-5-2/h7-8,10-11,13-14,16-23,25-32,34-35,53H,4-6,9,12,15,24,33,36-52H2,1-3H3/b10-7-,11-8-,16-13-,17-14-,21-18-,22-19-,23-20-,26-25-,28-27+,30-29-,34-32-,35-31-. The van der Waals surface area contributed by atoms with Crippen molar-refractivity contribution in [1.82, 2.24) is 0 Å². The molecule has 62 heavy (non-hydrogen) atoms. The van der Waals surface area contributed by atoms with Crippen LogP contribution in [0.15, 0.2) is 146 Å². The highest BCUT2D eigenvalue weighted by atomic mass is 16.6. The van der Waals surface area contributed by atoms with E-state index in [1.807, 2.05) is 109 Å². The Balaban J connectivity index is 4.59. The van der Waals surface area contributed by atoms with Crippen LogP contribution < -0.4 is 0 Å². The van der Waals surface area contributed by atoms with Gasteiger partial charge < -0.3 is 14.2 Å². The van der Waals surface area contributed by atoms with Gasteiger partial charge in [-0.1, -0.05) is 212 Å². The topological polar surface area (TPSA) is 78.9 Å². The molecule has 0 aliphatic rings. The maximum Gasteiger partial charge on any atom is 0.306 e. The molecular weight excluding hydrogens is 769 g/mol. The van der Waals surface area contributed by atoms with Crippen molar-refractivity contribution in [2.45, 2.75) is 175 Å². The molecule has 0 aliphatic carbocycles. The van der Waals surface area contributed by atoms with Gasteiger partial charge in [0.15, 0.2) is 6.10 Å². The van der Waals surface area contributed by atoms with Crippen molar-refractivity contribution in [1.29, 1.82) is 0 Å². The molecule has 0 heterocycles. The quantitative estimate of drug-likeness (QED) is 0.0201. The highest BCUT2D eigenvalue weighted by Gasteiger charge is 2.19. The number of esters is 3. The molecule has 0 aliphatic heterocycles. The Hall–Kier alpha value is -4.71. The lowest BCUT2D eigenvalue weighted by atomic mass is 10.1. The highest BCUT2D eigenvalue weighted by Crippen LogP contribution is 2.12. The van der Waals surface area contributed by atoms with Gasteiger partial charge in [0, 0.05) is 19.3 Å². The minimum Gasteiger partial charge on any atom is -0.462 e. The van der Waals surface area contributed by atoms with Crippen molar-refractivity contribution < 1.29 is 28.6 Å². The maximum atomic E-state index is 12.7. The molecule has 0 N–H and O–H groups in total. The van der Waals surface area contributed by atoms with Gasteiger partial charge >= 0.3 is 17.9 Å².